The van der Waals surface area contributed by atoms with E-state index in [0.29, 0.717) is 12.0 Å². The molecule has 0 aliphatic carbocycles. The van der Waals surface area contributed by atoms with Crippen molar-refractivity contribution in [3.8, 4) is 5.75 Å². The molecule has 1 heterocycles. The van der Waals surface area contributed by atoms with Crippen molar-refractivity contribution in [2.45, 2.75) is 51.0 Å². The first kappa shape index (κ1) is 27.9. The highest BCUT2D eigenvalue weighted by atomic mass is 79.9. The molecule has 9 heteroatoms. The zero-order valence-corrected chi connectivity index (χ0v) is 23.6. The van der Waals surface area contributed by atoms with Gasteiger partial charge >= 0.3 is 6.09 Å². The molecule has 3 aromatic rings. The lowest BCUT2D eigenvalue weighted by Crippen LogP contribution is -2.43. The van der Waals surface area contributed by atoms with E-state index in [4.69, 9.17) is 21.1 Å². The summed E-state index contributed by atoms with van der Waals surface area (Å²) in [5.74, 6) is -0.705. The predicted octanol–water partition coefficient (Wildman–Crippen LogP) is 7.23. The quantitative estimate of drug-likeness (QED) is 0.323. The molecule has 0 spiro atoms. The molecule has 2 amide bonds. The van der Waals surface area contributed by atoms with Gasteiger partial charge in [0.1, 0.15) is 17.2 Å². The van der Waals surface area contributed by atoms with Gasteiger partial charge in [0.2, 0.25) is 6.10 Å². The van der Waals surface area contributed by atoms with Crippen LogP contribution in [0.4, 0.5) is 9.18 Å². The fourth-order valence-electron chi connectivity index (χ4n) is 4.33. The number of benzene rings is 3. The standard InChI is InChI=1S/C29H29BrClFN2O4/c1-29(2,3)38-28(36)34-17-21(15-25(34)18-9-11-20(30)12-10-18)33-27(35)26(19-7-5-4-6-8-19)37-22-13-14-24(32)23(31)16-22/h4-14,16,21,25-26H,15,17H2,1-3H3,(H,33,35). The van der Waals surface area contributed by atoms with Crippen LogP contribution in [0.1, 0.15) is 50.5 Å². The first-order valence-corrected chi connectivity index (χ1v) is 13.4. The Hall–Kier alpha value is -3.10. The summed E-state index contributed by atoms with van der Waals surface area (Å²) in [7, 11) is 0. The van der Waals surface area contributed by atoms with Crippen LogP contribution in [0.5, 0.6) is 5.75 Å². The second kappa shape index (κ2) is 11.7. The van der Waals surface area contributed by atoms with Gasteiger partial charge in [-0.1, -0.05) is 70.0 Å². The number of ether oxygens (including phenoxy) is 2. The molecule has 0 bridgehead atoms. The second-order valence-electron chi connectivity index (χ2n) is 10.1. The smallest absolute Gasteiger partial charge is 0.410 e. The minimum atomic E-state index is -1.01. The van der Waals surface area contributed by atoms with E-state index < -0.39 is 23.6 Å². The van der Waals surface area contributed by atoms with Crippen molar-refractivity contribution in [1.29, 1.82) is 0 Å². The first-order chi connectivity index (χ1) is 18.0. The number of likely N-dealkylation sites (tertiary alicyclic amines) is 1. The number of halogens is 3. The van der Waals surface area contributed by atoms with E-state index in [2.05, 4.69) is 21.2 Å². The molecule has 0 aromatic heterocycles. The molecule has 1 fully saturated rings. The molecule has 1 saturated heterocycles. The lowest BCUT2D eigenvalue weighted by atomic mass is 10.0. The minimum absolute atomic E-state index is 0.101. The fourth-order valence-corrected chi connectivity index (χ4v) is 4.76. The van der Waals surface area contributed by atoms with Gasteiger partial charge in [-0.05, 0) is 57.0 Å². The van der Waals surface area contributed by atoms with Crippen molar-refractivity contribution in [3.05, 3.63) is 99.2 Å². The van der Waals surface area contributed by atoms with Gasteiger partial charge in [0, 0.05) is 28.7 Å². The Kier molecular flexibility index (Phi) is 8.63. The zero-order chi connectivity index (χ0) is 27.4. The Morgan fingerprint density at radius 3 is 2.39 bits per heavy atom. The molecular formula is C29H29BrClFN2O4. The van der Waals surface area contributed by atoms with Crippen LogP contribution < -0.4 is 10.1 Å². The van der Waals surface area contributed by atoms with Crippen LogP contribution in [0.3, 0.4) is 0 Å². The number of hydrogen-bond acceptors (Lipinski definition) is 4. The topological polar surface area (TPSA) is 67.9 Å². The molecule has 0 saturated carbocycles. The van der Waals surface area contributed by atoms with Gasteiger partial charge in [-0.15, -0.1) is 0 Å². The monoisotopic (exact) mass is 602 g/mol. The summed E-state index contributed by atoms with van der Waals surface area (Å²) in [6.45, 7) is 5.72. The van der Waals surface area contributed by atoms with Crippen molar-refractivity contribution in [3.63, 3.8) is 0 Å². The van der Waals surface area contributed by atoms with Crippen LogP contribution in [-0.4, -0.2) is 35.1 Å². The summed E-state index contributed by atoms with van der Waals surface area (Å²) in [6.07, 6.45) is -0.963. The summed E-state index contributed by atoms with van der Waals surface area (Å²) < 4.78 is 26.3. The molecule has 0 radical (unpaired) electrons. The third-order valence-corrected chi connectivity index (χ3v) is 6.83. The van der Waals surface area contributed by atoms with Crippen LogP contribution in [-0.2, 0) is 9.53 Å². The second-order valence-corrected chi connectivity index (χ2v) is 11.4. The Bertz CT molecular complexity index is 1280. The molecule has 3 atom stereocenters. The van der Waals surface area contributed by atoms with Crippen LogP contribution >= 0.6 is 27.5 Å². The molecule has 1 N–H and O–H groups in total. The predicted molar refractivity (Wildman–Crippen MR) is 148 cm³/mol. The van der Waals surface area contributed by atoms with Crippen molar-refractivity contribution in [2.24, 2.45) is 0 Å². The number of carbonyl (C=O) groups excluding carboxylic acids is 2. The van der Waals surface area contributed by atoms with Crippen LogP contribution in [0.15, 0.2) is 77.3 Å². The van der Waals surface area contributed by atoms with Gasteiger partial charge in [-0.2, -0.15) is 0 Å². The molecule has 4 rings (SSSR count). The van der Waals surface area contributed by atoms with E-state index in [9.17, 15) is 14.0 Å². The van der Waals surface area contributed by atoms with Gasteiger partial charge in [0.05, 0.1) is 11.1 Å². The maximum absolute atomic E-state index is 13.7. The van der Waals surface area contributed by atoms with Crippen molar-refractivity contribution in [1.82, 2.24) is 10.2 Å². The Morgan fingerprint density at radius 1 is 1.08 bits per heavy atom. The number of carbonyl (C=O) groups is 2. The third kappa shape index (κ3) is 7.05. The number of hydrogen-bond donors (Lipinski definition) is 1. The molecule has 6 nitrogen and oxygen atoms in total. The normalized spacial score (nSPS) is 18.1. The molecule has 3 aromatic carbocycles. The summed E-state index contributed by atoms with van der Waals surface area (Å²) in [5, 5.41) is 2.95. The maximum Gasteiger partial charge on any atom is 0.410 e. The summed E-state index contributed by atoms with van der Waals surface area (Å²) in [6, 6.07) is 20.1. The highest BCUT2D eigenvalue weighted by Crippen LogP contribution is 2.35. The largest absolute Gasteiger partial charge is 0.476 e. The van der Waals surface area contributed by atoms with Gasteiger partial charge in [-0.3, -0.25) is 9.69 Å². The SMILES string of the molecule is CC(C)(C)OC(=O)N1CC(NC(=O)C(Oc2ccc(F)c(Cl)c2)c2ccccc2)CC1c1ccc(Br)cc1. The van der Waals surface area contributed by atoms with Crippen molar-refractivity contribution in [2.75, 3.05) is 6.54 Å². The summed E-state index contributed by atoms with van der Waals surface area (Å²) in [4.78, 5) is 28.3. The van der Waals surface area contributed by atoms with E-state index in [1.807, 2.05) is 51.1 Å². The number of nitrogens with zero attached hydrogens (tertiary/aromatic N) is 1. The Labute approximate surface area is 235 Å². The van der Waals surface area contributed by atoms with Crippen LogP contribution in [0.2, 0.25) is 5.02 Å². The molecule has 3 unspecified atom stereocenters. The average Bonchev–Trinajstić information content (AvgIpc) is 3.28. The van der Waals surface area contributed by atoms with Crippen LogP contribution in [0.25, 0.3) is 0 Å². The number of nitrogens with one attached hydrogen (secondary N) is 1. The Morgan fingerprint density at radius 2 is 1.76 bits per heavy atom. The lowest BCUT2D eigenvalue weighted by molar-refractivity contribution is -0.129. The highest BCUT2D eigenvalue weighted by Gasteiger charge is 2.40. The maximum atomic E-state index is 13.7. The molecule has 200 valence electrons. The number of rotatable bonds is 6. The molecule has 38 heavy (non-hydrogen) atoms. The number of amides is 2. The van der Waals surface area contributed by atoms with E-state index in [-0.39, 0.29) is 35.3 Å². The van der Waals surface area contributed by atoms with Crippen LogP contribution in [0, 0.1) is 5.82 Å². The zero-order valence-electron chi connectivity index (χ0n) is 21.3. The van der Waals surface area contributed by atoms with E-state index in [0.717, 1.165) is 10.0 Å². The summed E-state index contributed by atoms with van der Waals surface area (Å²) >= 11 is 9.38. The summed E-state index contributed by atoms with van der Waals surface area (Å²) in [5.41, 5.74) is 0.898. The van der Waals surface area contributed by atoms with E-state index >= 15 is 0 Å². The minimum Gasteiger partial charge on any atom is -0.476 e. The average molecular weight is 604 g/mol. The molecular weight excluding hydrogens is 575 g/mol. The van der Waals surface area contributed by atoms with Gasteiger partial charge < -0.3 is 14.8 Å². The third-order valence-electron chi connectivity index (χ3n) is 6.02. The van der Waals surface area contributed by atoms with E-state index in [1.54, 1.807) is 29.2 Å². The Balaban J connectivity index is 1.56. The van der Waals surface area contributed by atoms with E-state index in [1.165, 1.54) is 18.2 Å². The molecule has 1 aliphatic rings. The van der Waals surface area contributed by atoms with Gasteiger partial charge in [0.15, 0.2) is 0 Å². The first-order valence-electron chi connectivity index (χ1n) is 12.2. The van der Waals surface area contributed by atoms with Gasteiger partial charge in [0.25, 0.3) is 5.91 Å². The molecule has 1 aliphatic heterocycles. The highest BCUT2D eigenvalue weighted by molar-refractivity contribution is 9.10. The van der Waals surface area contributed by atoms with Gasteiger partial charge in [-0.25, -0.2) is 9.18 Å². The van der Waals surface area contributed by atoms with Crippen molar-refractivity contribution < 1.29 is 23.5 Å². The fraction of sp³-hybridized carbons (Fsp3) is 0.310. The van der Waals surface area contributed by atoms with Crippen molar-refractivity contribution >= 4 is 39.5 Å². The lowest BCUT2D eigenvalue weighted by Gasteiger charge is -2.28.